The lowest BCUT2D eigenvalue weighted by molar-refractivity contribution is 0.418. The molecule has 0 bridgehead atoms. The van der Waals surface area contributed by atoms with Gasteiger partial charge in [0.2, 0.25) is 0 Å². The summed E-state index contributed by atoms with van der Waals surface area (Å²) in [5.74, 6) is 1.58. The van der Waals surface area contributed by atoms with Crippen LogP contribution in [-0.4, -0.2) is 21.6 Å². The third kappa shape index (κ3) is 1.45. The van der Waals surface area contributed by atoms with Crippen LogP contribution in [-0.2, 0) is 13.1 Å². The van der Waals surface area contributed by atoms with E-state index in [1.807, 2.05) is 11.5 Å². The Morgan fingerprint density at radius 2 is 2.33 bits per heavy atom. The Balaban J connectivity index is 2.75. The molecule has 0 aliphatic carbocycles. The van der Waals surface area contributed by atoms with Crippen molar-refractivity contribution >= 4 is 11.2 Å². The first-order valence-corrected chi connectivity index (χ1v) is 4.90. The minimum atomic E-state index is 0.410. The number of aryl methyl sites for hydroxylation is 1. The molecule has 0 aromatic carbocycles. The molecule has 5 nitrogen and oxygen atoms in total. The molecule has 0 fully saturated rings. The highest BCUT2D eigenvalue weighted by molar-refractivity contribution is 5.78. The number of pyridine rings is 1. The van der Waals surface area contributed by atoms with Gasteiger partial charge in [-0.1, -0.05) is 0 Å². The molecule has 0 saturated heterocycles. The van der Waals surface area contributed by atoms with Gasteiger partial charge in [-0.25, -0.2) is 9.97 Å². The molecule has 0 aliphatic heterocycles. The standard InChI is InChI=1S/C10H14N4O/c1-3-14-8(6-11)13-9-7(15-2)4-5-12-10(9)14/h4-5H,3,6,11H2,1-2H3. The number of nitrogens with zero attached hydrogens (tertiary/aromatic N) is 3. The van der Waals surface area contributed by atoms with E-state index in [9.17, 15) is 0 Å². The fraction of sp³-hybridized carbons (Fsp3) is 0.400. The molecule has 2 aromatic heterocycles. The molecule has 0 unspecified atom stereocenters. The minimum absolute atomic E-state index is 0.410. The van der Waals surface area contributed by atoms with Crippen molar-refractivity contribution in [2.24, 2.45) is 5.73 Å². The smallest absolute Gasteiger partial charge is 0.163 e. The Bertz CT molecular complexity index is 477. The predicted octanol–water partition coefficient (Wildman–Crippen LogP) is 0.919. The van der Waals surface area contributed by atoms with Crippen LogP contribution in [0.1, 0.15) is 12.7 Å². The number of nitrogens with two attached hydrogens (primary N) is 1. The van der Waals surface area contributed by atoms with Gasteiger partial charge in [0.05, 0.1) is 13.7 Å². The molecule has 5 heteroatoms. The highest BCUT2D eigenvalue weighted by atomic mass is 16.5. The average molecular weight is 206 g/mol. The van der Waals surface area contributed by atoms with Crippen LogP contribution in [0.2, 0.25) is 0 Å². The van der Waals surface area contributed by atoms with Gasteiger partial charge in [-0.15, -0.1) is 0 Å². The molecule has 0 radical (unpaired) electrons. The third-order valence-corrected chi connectivity index (χ3v) is 2.39. The zero-order valence-electron chi connectivity index (χ0n) is 8.90. The monoisotopic (exact) mass is 206 g/mol. The molecule has 2 N–H and O–H groups in total. The highest BCUT2D eigenvalue weighted by Gasteiger charge is 2.12. The van der Waals surface area contributed by atoms with Crippen molar-refractivity contribution in [1.82, 2.24) is 14.5 Å². The molecule has 0 saturated carbocycles. The van der Waals surface area contributed by atoms with Gasteiger partial charge in [0, 0.05) is 18.8 Å². The molecular formula is C10H14N4O. The summed E-state index contributed by atoms with van der Waals surface area (Å²) in [4.78, 5) is 8.72. The normalized spacial score (nSPS) is 10.9. The van der Waals surface area contributed by atoms with Crippen LogP contribution in [0.3, 0.4) is 0 Å². The summed E-state index contributed by atoms with van der Waals surface area (Å²) in [6.45, 7) is 3.26. The van der Waals surface area contributed by atoms with Crippen molar-refractivity contribution in [3.63, 3.8) is 0 Å². The molecule has 0 atom stereocenters. The van der Waals surface area contributed by atoms with E-state index in [1.54, 1.807) is 19.4 Å². The van der Waals surface area contributed by atoms with Gasteiger partial charge >= 0.3 is 0 Å². The molecule has 80 valence electrons. The Hall–Kier alpha value is -1.62. The average Bonchev–Trinajstić information content (AvgIpc) is 2.66. The molecule has 2 aromatic rings. The Kier molecular flexibility index (Phi) is 2.55. The molecule has 2 rings (SSSR count). The lowest BCUT2D eigenvalue weighted by Crippen LogP contribution is -2.07. The Morgan fingerprint density at radius 1 is 1.53 bits per heavy atom. The molecule has 0 spiro atoms. The maximum Gasteiger partial charge on any atom is 0.163 e. The fourth-order valence-corrected chi connectivity index (χ4v) is 1.69. The van der Waals surface area contributed by atoms with Gasteiger partial charge < -0.3 is 15.0 Å². The minimum Gasteiger partial charge on any atom is -0.494 e. The van der Waals surface area contributed by atoms with Gasteiger partial charge in [-0.3, -0.25) is 0 Å². The number of hydrogen-bond donors (Lipinski definition) is 1. The second-order valence-electron chi connectivity index (χ2n) is 3.16. The summed E-state index contributed by atoms with van der Waals surface area (Å²) in [7, 11) is 1.63. The first-order valence-electron chi connectivity index (χ1n) is 4.90. The van der Waals surface area contributed by atoms with Gasteiger partial charge in [0.15, 0.2) is 5.65 Å². The number of methoxy groups -OCH3 is 1. The zero-order chi connectivity index (χ0) is 10.8. The molecule has 0 aliphatic rings. The van der Waals surface area contributed by atoms with Crippen LogP contribution in [0.4, 0.5) is 0 Å². The maximum absolute atomic E-state index is 5.63. The number of imidazole rings is 1. The number of ether oxygens (including phenoxy) is 1. The summed E-state index contributed by atoms with van der Waals surface area (Å²) < 4.78 is 7.23. The van der Waals surface area contributed by atoms with E-state index in [2.05, 4.69) is 9.97 Å². The molecule has 15 heavy (non-hydrogen) atoms. The second-order valence-corrected chi connectivity index (χ2v) is 3.16. The van der Waals surface area contributed by atoms with Crippen LogP contribution in [0.25, 0.3) is 11.2 Å². The summed E-state index contributed by atoms with van der Waals surface area (Å²) in [5.41, 5.74) is 7.24. The fourth-order valence-electron chi connectivity index (χ4n) is 1.69. The Labute approximate surface area is 87.9 Å². The van der Waals surface area contributed by atoms with E-state index >= 15 is 0 Å². The number of fused-ring (bicyclic) bond motifs is 1. The van der Waals surface area contributed by atoms with Crippen LogP contribution in [0.5, 0.6) is 5.75 Å². The molecule has 0 amide bonds. The van der Waals surface area contributed by atoms with Crippen molar-refractivity contribution < 1.29 is 4.74 Å². The first-order chi connectivity index (χ1) is 7.31. The van der Waals surface area contributed by atoms with E-state index < -0.39 is 0 Å². The summed E-state index contributed by atoms with van der Waals surface area (Å²) in [6, 6.07) is 1.80. The quantitative estimate of drug-likeness (QED) is 0.810. The van der Waals surface area contributed by atoms with Crippen LogP contribution < -0.4 is 10.5 Å². The van der Waals surface area contributed by atoms with Crippen LogP contribution in [0, 0.1) is 0 Å². The van der Waals surface area contributed by atoms with Crippen LogP contribution >= 0.6 is 0 Å². The Morgan fingerprint density at radius 3 is 2.93 bits per heavy atom. The summed E-state index contributed by atoms with van der Waals surface area (Å²) in [6.07, 6.45) is 1.72. The number of hydrogen-bond acceptors (Lipinski definition) is 4. The van der Waals surface area contributed by atoms with Crippen molar-refractivity contribution in [1.29, 1.82) is 0 Å². The van der Waals surface area contributed by atoms with E-state index in [1.165, 1.54) is 0 Å². The summed E-state index contributed by atoms with van der Waals surface area (Å²) >= 11 is 0. The van der Waals surface area contributed by atoms with Gasteiger partial charge in [0.1, 0.15) is 17.1 Å². The van der Waals surface area contributed by atoms with Crippen molar-refractivity contribution in [2.75, 3.05) is 7.11 Å². The van der Waals surface area contributed by atoms with E-state index in [-0.39, 0.29) is 0 Å². The molecular weight excluding hydrogens is 192 g/mol. The highest BCUT2D eigenvalue weighted by Crippen LogP contribution is 2.23. The van der Waals surface area contributed by atoms with Gasteiger partial charge in [-0.2, -0.15) is 0 Å². The number of rotatable bonds is 3. The third-order valence-electron chi connectivity index (χ3n) is 2.39. The predicted molar refractivity (Wildman–Crippen MR) is 57.6 cm³/mol. The maximum atomic E-state index is 5.63. The van der Waals surface area contributed by atoms with Gasteiger partial charge in [-0.05, 0) is 6.92 Å². The molecule has 2 heterocycles. The largest absolute Gasteiger partial charge is 0.494 e. The van der Waals surface area contributed by atoms with Crippen molar-refractivity contribution in [2.45, 2.75) is 20.0 Å². The van der Waals surface area contributed by atoms with E-state index in [4.69, 9.17) is 10.5 Å². The van der Waals surface area contributed by atoms with E-state index in [0.717, 1.165) is 29.3 Å². The van der Waals surface area contributed by atoms with Crippen molar-refractivity contribution in [3.05, 3.63) is 18.1 Å². The SMILES string of the molecule is CCn1c(CN)nc2c(OC)ccnc21. The summed E-state index contributed by atoms with van der Waals surface area (Å²) in [5, 5.41) is 0. The topological polar surface area (TPSA) is 66.0 Å². The second kappa shape index (κ2) is 3.86. The van der Waals surface area contributed by atoms with Crippen LogP contribution in [0.15, 0.2) is 12.3 Å². The number of aromatic nitrogens is 3. The lowest BCUT2D eigenvalue weighted by Gasteiger charge is -2.02. The zero-order valence-corrected chi connectivity index (χ0v) is 8.90. The van der Waals surface area contributed by atoms with Gasteiger partial charge in [0.25, 0.3) is 0 Å². The first kappa shape index (κ1) is 9.92. The van der Waals surface area contributed by atoms with E-state index in [0.29, 0.717) is 6.54 Å². The lowest BCUT2D eigenvalue weighted by atomic mass is 10.4. The van der Waals surface area contributed by atoms with Crippen molar-refractivity contribution in [3.8, 4) is 5.75 Å².